The third-order valence-electron chi connectivity index (χ3n) is 1.45. The van der Waals surface area contributed by atoms with Gasteiger partial charge in [-0.25, -0.2) is 0 Å². The quantitative estimate of drug-likeness (QED) is 0.652. The van der Waals surface area contributed by atoms with Crippen LogP contribution >= 0.6 is 11.6 Å². The maximum absolute atomic E-state index is 5.77. The first-order valence-electron chi connectivity index (χ1n) is 3.77. The summed E-state index contributed by atoms with van der Waals surface area (Å²) < 4.78 is 5.44. The van der Waals surface area contributed by atoms with Crippen molar-refractivity contribution in [3.8, 4) is 5.75 Å². The number of rotatable bonds is 3. The van der Waals surface area contributed by atoms with Crippen molar-refractivity contribution in [2.24, 2.45) is 0 Å². The van der Waals surface area contributed by atoms with Gasteiger partial charge in [0, 0.05) is 5.02 Å². The molecule has 0 saturated carbocycles. The highest BCUT2D eigenvalue weighted by Gasteiger charge is 1.98. The van der Waals surface area contributed by atoms with Gasteiger partial charge in [0.25, 0.3) is 0 Å². The molecule has 1 nitrogen and oxygen atoms in total. The smallest absolute Gasteiger partial charge is 0.121 e. The van der Waals surface area contributed by atoms with Crippen LogP contribution in [0.4, 0.5) is 0 Å². The summed E-state index contributed by atoms with van der Waals surface area (Å²) in [5.74, 6) is 0.773. The van der Waals surface area contributed by atoms with E-state index in [0.29, 0.717) is 5.02 Å². The van der Waals surface area contributed by atoms with E-state index in [4.69, 9.17) is 16.3 Å². The van der Waals surface area contributed by atoms with Crippen LogP contribution in [0.25, 0.3) is 0 Å². The minimum atomic E-state index is 0.0171. The fraction of sp³-hybridized carbons (Fsp3) is 0.200. The van der Waals surface area contributed by atoms with Crippen LogP contribution in [0.3, 0.4) is 0 Å². The zero-order valence-corrected chi connectivity index (χ0v) is 7.71. The van der Waals surface area contributed by atoms with Crippen LogP contribution < -0.4 is 4.74 Å². The summed E-state index contributed by atoms with van der Waals surface area (Å²) in [6.45, 7) is 5.55. The van der Waals surface area contributed by atoms with Crippen LogP contribution in [0.2, 0.25) is 5.02 Å². The second-order valence-corrected chi connectivity index (χ2v) is 2.95. The maximum Gasteiger partial charge on any atom is 0.121 e. The standard InChI is InChI=1S/C10H11ClO/c1-3-8(2)12-10-6-4-5-9(11)7-10/h3-8H,1H2,2H3. The minimum Gasteiger partial charge on any atom is -0.487 e. The molecule has 1 rings (SSSR count). The van der Waals surface area contributed by atoms with E-state index in [1.54, 1.807) is 12.1 Å². The second kappa shape index (κ2) is 4.17. The van der Waals surface area contributed by atoms with E-state index in [1.165, 1.54) is 0 Å². The Bertz CT molecular complexity index is 270. The topological polar surface area (TPSA) is 9.23 Å². The molecule has 1 aromatic rings. The van der Waals surface area contributed by atoms with Gasteiger partial charge >= 0.3 is 0 Å². The van der Waals surface area contributed by atoms with E-state index >= 15 is 0 Å². The molecule has 0 heterocycles. The summed E-state index contributed by atoms with van der Waals surface area (Å²) in [7, 11) is 0. The van der Waals surface area contributed by atoms with E-state index in [1.807, 2.05) is 25.1 Å². The third-order valence-corrected chi connectivity index (χ3v) is 1.69. The summed E-state index contributed by atoms with van der Waals surface area (Å²) in [5, 5.41) is 0.684. The van der Waals surface area contributed by atoms with Crippen molar-refractivity contribution in [1.29, 1.82) is 0 Å². The predicted molar refractivity (Wildman–Crippen MR) is 51.7 cm³/mol. The van der Waals surface area contributed by atoms with Crippen LogP contribution in [-0.2, 0) is 0 Å². The Morgan fingerprint density at radius 1 is 1.58 bits per heavy atom. The molecule has 0 bridgehead atoms. The Kier molecular flexibility index (Phi) is 3.18. The fourth-order valence-electron chi connectivity index (χ4n) is 0.803. The van der Waals surface area contributed by atoms with E-state index in [-0.39, 0.29) is 6.10 Å². The van der Waals surface area contributed by atoms with Crippen molar-refractivity contribution in [3.63, 3.8) is 0 Å². The van der Waals surface area contributed by atoms with Gasteiger partial charge < -0.3 is 4.74 Å². The number of hydrogen-bond donors (Lipinski definition) is 0. The van der Waals surface area contributed by atoms with Gasteiger partial charge in [-0.05, 0) is 25.1 Å². The largest absolute Gasteiger partial charge is 0.487 e. The number of benzene rings is 1. The molecule has 1 aromatic carbocycles. The molecule has 0 aromatic heterocycles. The molecule has 2 heteroatoms. The van der Waals surface area contributed by atoms with Crippen LogP contribution in [0, 0.1) is 0 Å². The number of halogens is 1. The third kappa shape index (κ3) is 2.59. The van der Waals surface area contributed by atoms with Gasteiger partial charge in [-0.2, -0.15) is 0 Å². The zero-order chi connectivity index (χ0) is 8.97. The molecule has 1 atom stereocenters. The van der Waals surface area contributed by atoms with Gasteiger partial charge in [0.15, 0.2) is 0 Å². The summed E-state index contributed by atoms with van der Waals surface area (Å²) in [6.07, 6.45) is 1.75. The lowest BCUT2D eigenvalue weighted by Crippen LogP contribution is -2.06. The van der Waals surface area contributed by atoms with Crippen molar-refractivity contribution in [2.45, 2.75) is 13.0 Å². The summed E-state index contributed by atoms with van der Waals surface area (Å²) in [5.41, 5.74) is 0. The monoisotopic (exact) mass is 182 g/mol. The van der Waals surface area contributed by atoms with Crippen LogP contribution in [0.1, 0.15) is 6.92 Å². The molecule has 64 valence electrons. The molecule has 0 radical (unpaired) electrons. The molecule has 0 aliphatic carbocycles. The first-order valence-corrected chi connectivity index (χ1v) is 4.15. The molecule has 0 aliphatic rings. The summed E-state index contributed by atoms with van der Waals surface area (Å²) in [6, 6.07) is 7.31. The van der Waals surface area contributed by atoms with Gasteiger partial charge in [-0.3, -0.25) is 0 Å². The first-order chi connectivity index (χ1) is 5.72. The lowest BCUT2D eigenvalue weighted by Gasteiger charge is -2.09. The Hall–Kier alpha value is -0.950. The highest BCUT2D eigenvalue weighted by atomic mass is 35.5. The lowest BCUT2D eigenvalue weighted by molar-refractivity contribution is 0.270. The Morgan fingerprint density at radius 3 is 2.92 bits per heavy atom. The van der Waals surface area contributed by atoms with Crippen molar-refractivity contribution < 1.29 is 4.74 Å². The lowest BCUT2D eigenvalue weighted by atomic mass is 10.3. The van der Waals surface area contributed by atoms with Crippen LogP contribution in [0.15, 0.2) is 36.9 Å². The van der Waals surface area contributed by atoms with Gasteiger partial charge in [0.05, 0.1) is 0 Å². The van der Waals surface area contributed by atoms with Gasteiger partial charge in [0.2, 0.25) is 0 Å². The predicted octanol–water partition coefficient (Wildman–Crippen LogP) is 3.29. The Balaban J connectivity index is 2.69. The zero-order valence-electron chi connectivity index (χ0n) is 6.96. The minimum absolute atomic E-state index is 0.0171. The van der Waals surface area contributed by atoms with Gasteiger partial charge in [-0.1, -0.05) is 30.3 Å². The molecule has 1 unspecified atom stereocenters. The van der Waals surface area contributed by atoms with Gasteiger partial charge in [0.1, 0.15) is 11.9 Å². The first kappa shape index (κ1) is 9.14. The van der Waals surface area contributed by atoms with E-state index in [2.05, 4.69) is 6.58 Å². The van der Waals surface area contributed by atoms with Crippen molar-refractivity contribution in [3.05, 3.63) is 41.9 Å². The van der Waals surface area contributed by atoms with E-state index in [9.17, 15) is 0 Å². The molecule has 0 saturated heterocycles. The van der Waals surface area contributed by atoms with Crippen LogP contribution in [-0.4, -0.2) is 6.10 Å². The molecule has 0 amide bonds. The summed E-state index contributed by atoms with van der Waals surface area (Å²) in [4.78, 5) is 0. The maximum atomic E-state index is 5.77. The number of ether oxygens (including phenoxy) is 1. The summed E-state index contributed by atoms with van der Waals surface area (Å²) >= 11 is 5.77. The van der Waals surface area contributed by atoms with E-state index in [0.717, 1.165) is 5.75 Å². The average Bonchev–Trinajstić information content (AvgIpc) is 2.04. The Labute approximate surface area is 77.6 Å². The molecule has 0 fully saturated rings. The Morgan fingerprint density at radius 2 is 2.33 bits per heavy atom. The van der Waals surface area contributed by atoms with Gasteiger partial charge in [-0.15, -0.1) is 0 Å². The average molecular weight is 183 g/mol. The molecule has 0 aliphatic heterocycles. The normalized spacial score (nSPS) is 12.2. The highest BCUT2D eigenvalue weighted by Crippen LogP contribution is 2.18. The van der Waals surface area contributed by atoms with Crippen molar-refractivity contribution in [1.82, 2.24) is 0 Å². The van der Waals surface area contributed by atoms with Crippen LogP contribution in [0.5, 0.6) is 5.75 Å². The molecule has 12 heavy (non-hydrogen) atoms. The second-order valence-electron chi connectivity index (χ2n) is 2.52. The van der Waals surface area contributed by atoms with Crippen molar-refractivity contribution >= 4 is 11.6 Å². The highest BCUT2D eigenvalue weighted by molar-refractivity contribution is 6.30. The molecule has 0 N–H and O–H groups in total. The molecular weight excluding hydrogens is 172 g/mol. The molecule has 0 spiro atoms. The van der Waals surface area contributed by atoms with Crippen molar-refractivity contribution in [2.75, 3.05) is 0 Å². The molecular formula is C10H11ClO. The number of hydrogen-bond acceptors (Lipinski definition) is 1. The van der Waals surface area contributed by atoms with E-state index < -0.39 is 0 Å². The fourth-order valence-corrected chi connectivity index (χ4v) is 0.983. The SMILES string of the molecule is C=CC(C)Oc1cccc(Cl)c1.